The van der Waals surface area contributed by atoms with E-state index in [1.165, 1.54) is 13.0 Å². The van der Waals surface area contributed by atoms with Crippen molar-refractivity contribution in [2.24, 2.45) is 0 Å². The normalized spacial score (nSPS) is 14.1. The maximum Gasteiger partial charge on any atom is 0.417 e. The van der Waals surface area contributed by atoms with Crippen molar-refractivity contribution in [2.45, 2.75) is 31.4 Å². The average molecular weight is 552 g/mol. The standard InChI is InChI=1S/C22H16ClF10NS/c1-11-5-13(7-14(23)6-11)16(21(28,29)30)9-18(24)12-3-4-15(17(8-12)22(31,32)33)19(35)34(2)10-20(25,26)27/h3-9,16H,10H2,1-2H3/b18-9-. The number of alkyl halides is 9. The highest BCUT2D eigenvalue weighted by Gasteiger charge is 2.41. The number of hydrogen-bond donors (Lipinski definition) is 0. The van der Waals surface area contributed by atoms with Gasteiger partial charge in [-0.2, -0.15) is 39.5 Å². The second kappa shape index (κ2) is 10.3. The number of nitrogens with zero attached hydrogens (tertiary/aromatic N) is 1. The van der Waals surface area contributed by atoms with Crippen LogP contribution in [0.25, 0.3) is 5.83 Å². The minimum absolute atomic E-state index is 0.0525. The third-order valence-electron chi connectivity index (χ3n) is 4.68. The molecule has 0 aromatic heterocycles. The van der Waals surface area contributed by atoms with E-state index in [0.29, 0.717) is 22.6 Å². The second-order valence-electron chi connectivity index (χ2n) is 7.63. The van der Waals surface area contributed by atoms with Crippen molar-refractivity contribution in [3.8, 4) is 0 Å². The lowest BCUT2D eigenvalue weighted by Gasteiger charge is -2.24. The molecule has 0 spiro atoms. The molecule has 0 radical (unpaired) electrons. The van der Waals surface area contributed by atoms with Crippen molar-refractivity contribution < 1.29 is 43.9 Å². The van der Waals surface area contributed by atoms with Gasteiger partial charge in [0, 0.05) is 23.2 Å². The van der Waals surface area contributed by atoms with E-state index < -0.39 is 64.1 Å². The predicted molar refractivity (Wildman–Crippen MR) is 116 cm³/mol. The summed E-state index contributed by atoms with van der Waals surface area (Å²) in [5, 5.41) is -0.0525. The van der Waals surface area contributed by atoms with Gasteiger partial charge in [0.25, 0.3) is 0 Å². The highest BCUT2D eigenvalue weighted by Crippen LogP contribution is 2.40. The van der Waals surface area contributed by atoms with Gasteiger partial charge in [0.15, 0.2) is 0 Å². The lowest BCUT2D eigenvalue weighted by atomic mass is 9.94. The minimum Gasteiger partial charge on any atom is -0.356 e. The molecule has 1 nitrogen and oxygen atoms in total. The zero-order chi connectivity index (χ0) is 26.9. The molecule has 1 atom stereocenters. The summed E-state index contributed by atoms with van der Waals surface area (Å²) in [5.41, 5.74) is -3.40. The summed E-state index contributed by atoms with van der Waals surface area (Å²) in [4.78, 5) is -0.472. The van der Waals surface area contributed by atoms with Gasteiger partial charge in [-0.15, -0.1) is 0 Å². The number of hydrogen-bond acceptors (Lipinski definition) is 1. The molecule has 2 aromatic carbocycles. The molecule has 13 heteroatoms. The lowest BCUT2D eigenvalue weighted by molar-refractivity contribution is -0.140. The van der Waals surface area contributed by atoms with Gasteiger partial charge in [0.2, 0.25) is 0 Å². The molecular formula is C22H16ClF10NS. The first-order valence-electron chi connectivity index (χ1n) is 9.54. The maximum absolute atomic E-state index is 14.9. The predicted octanol–water partition coefficient (Wildman–Crippen LogP) is 8.49. The fraction of sp³-hybridized carbons (Fsp3) is 0.318. The highest BCUT2D eigenvalue weighted by atomic mass is 35.5. The van der Waals surface area contributed by atoms with E-state index in [9.17, 15) is 43.9 Å². The summed E-state index contributed by atoms with van der Waals surface area (Å²) in [6.07, 6.45) is -14.9. The topological polar surface area (TPSA) is 3.24 Å². The van der Waals surface area contributed by atoms with Crippen LogP contribution in [-0.4, -0.2) is 35.8 Å². The van der Waals surface area contributed by atoms with Crippen molar-refractivity contribution in [1.29, 1.82) is 0 Å². The monoisotopic (exact) mass is 551 g/mol. The van der Waals surface area contributed by atoms with Crippen LogP contribution in [0.15, 0.2) is 42.5 Å². The first kappa shape index (κ1) is 28.9. The molecule has 1 unspecified atom stereocenters. The molecule has 0 heterocycles. The van der Waals surface area contributed by atoms with Crippen molar-refractivity contribution in [3.05, 3.63) is 75.3 Å². The SMILES string of the molecule is Cc1cc(Cl)cc(C(/C=C(\F)c2ccc(C(=S)N(C)CC(F)(F)F)c(C(F)(F)F)c2)C(F)(F)F)c1. The van der Waals surface area contributed by atoms with E-state index in [-0.39, 0.29) is 17.2 Å². The summed E-state index contributed by atoms with van der Waals surface area (Å²) in [6, 6.07) is 4.95. The highest BCUT2D eigenvalue weighted by molar-refractivity contribution is 7.80. The van der Waals surface area contributed by atoms with Crippen LogP contribution in [0.1, 0.15) is 33.7 Å². The summed E-state index contributed by atoms with van der Waals surface area (Å²) in [7, 11) is 0.825. The molecule has 0 N–H and O–H groups in total. The van der Waals surface area contributed by atoms with Crippen LogP contribution >= 0.6 is 23.8 Å². The quantitative estimate of drug-likeness (QED) is 0.271. The Morgan fingerprint density at radius 2 is 1.60 bits per heavy atom. The molecule has 0 aliphatic carbocycles. The molecule has 0 fully saturated rings. The van der Waals surface area contributed by atoms with Gasteiger partial charge in [-0.3, -0.25) is 0 Å². The molecule has 0 saturated carbocycles. The van der Waals surface area contributed by atoms with Gasteiger partial charge in [-0.1, -0.05) is 42.0 Å². The number of halogens is 11. The summed E-state index contributed by atoms with van der Waals surface area (Å²) < 4.78 is 135. The van der Waals surface area contributed by atoms with E-state index in [0.717, 1.165) is 19.2 Å². The lowest BCUT2D eigenvalue weighted by Crippen LogP contribution is -2.36. The van der Waals surface area contributed by atoms with Gasteiger partial charge in [-0.25, -0.2) is 4.39 Å². The van der Waals surface area contributed by atoms with Crippen LogP contribution in [0.2, 0.25) is 5.02 Å². The molecule has 0 aliphatic rings. The van der Waals surface area contributed by atoms with Crippen LogP contribution in [0.4, 0.5) is 43.9 Å². The Morgan fingerprint density at radius 3 is 2.09 bits per heavy atom. The summed E-state index contributed by atoms with van der Waals surface area (Å²) in [6.45, 7) is -0.193. The van der Waals surface area contributed by atoms with E-state index in [1.807, 2.05) is 0 Å². The Bertz CT molecular complexity index is 1100. The van der Waals surface area contributed by atoms with Crippen LogP contribution in [0.3, 0.4) is 0 Å². The average Bonchev–Trinajstić information content (AvgIpc) is 2.67. The fourth-order valence-electron chi connectivity index (χ4n) is 3.23. The third-order valence-corrected chi connectivity index (χ3v) is 5.43. The first-order valence-corrected chi connectivity index (χ1v) is 10.3. The van der Waals surface area contributed by atoms with Crippen LogP contribution in [-0.2, 0) is 6.18 Å². The second-order valence-corrected chi connectivity index (χ2v) is 8.45. The molecule has 0 aliphatic heterocycles. The zero-order valence-corrected chi connectivity index (χ0v) is 19.4. The summed E-state index contributed by atoms with van der Waals surface area (Å²) in [5.74, 6) is -4.16. The molecule has 2 aromatic rings. The number of aryl methyl sites for hydroxylation is 1. The maximum atomic E-state index is 14.9. The molecular weight excluding hydrogens is 536 g/mol. The van der Waals surface area contributed by atoms with Gasteiger partial charge in [0.05, 0.1) is 5.56 Å². The number of benzene rings is 2. The number of allylic oxidation sites excluding steroid dienone is 1. The number of rotatable bonds is 5. The van der Waals surface area contributed by atoms with E-state index in [1.54, 1.807) is 0 Å². The third kappa shape index (κ3) is 7.83. The van der Waals surface area contributed by atoms with E-state index in [2.05, 4.69) is 0 Å². The molecule has 0 amide bonds. The van der Waals surface area contributed by atoms with Crippen LogP contribution < -0.4 is 0 Å². The van der Waals surface area contributed by atoms with Crippen LogP contribution in [0.5, 0.6) is 0 Å². The number of thiocarbonyl (C=S) groups is 1. The smallest absolute Gasteiger partial charge is 0.356 e. The Morgan fingerprint density at radius 1 is 1.00 bits per heavy atom. The Labute approximate surface area is 204 Å². The van der Waals surface area contributed by atoms with Gasteiger partial charge >= 0.3 is 18.5 Å². The zero-order valence-electron chi connectivity index (χ0n) is 17.8. The molecule has 192 valence electrons. The van der Waals surface area contributed by atoms with Crippen LogP contribution in [0, 0.1) is 6.92 Å². The summed E-state index contributed by atoms with van der Waals surface area (Å²) >= 11 is 10.5. The van der Waals surface area contributed by atoms with Crippen molar-refractivity contribution >= 4 is 34.6 Å². The van der Waals surface area contributed by atoms with Crippen molar-refractivity contribution in [2.75, 3.05) is 13.6 Å². The van der Waals surface area contributed by atoms with E-state index >= 15 is 0 Å². The van der Waals surface area contributed by atoms with Gasteiger partial charge < -0.3 is 4.90 Å². The Hall–Kier alpha value is -2.34. The van der Waals surface area contributed by atoms with Gasteiger partial charge in [0.1, 0.15) is 23.3 Å². The molecule has 0 bridgehead atoms. The molecule has 2 rings (SSSR count). The largest absolute Gasteiger partial charge is 0.417 e. The molecule has 0 saturated heterocycles. The molecule has 35 heavy (non-hydrogen) atoms. The minimum atomic E-state index is -5.19. The fourth-order valence-corrected chi connectivity index (χ4v) is 3.77. The van der Waals surface area contributed by atoms with Crippen molar-refractivity contribution in [1.82, 2.24) is 4.90 Å². The van der Waals surface area contributed by atoms with Crippen molar-refractivity contribution in [3.63, 3.8) is 0 Å². The Kier molecular flexibility index (Phi) is 8.53. The Balaban J connectivity index is 2.57. The first-order chi connectivity index (χ1) is 15.8. The van der Waals surface area contributed by atoms with E-state index in [4.69, 9.17) is 23.8 Å². The van der Waals surface area contributed by atoms with Gasteiger partial charge in [-0.05, 0) is 42.3 Å².